The lowest BCUT2D eigenvalue weighted by molar-refractivity contribution is -0.113. The van der Waals surface area contributed by atoms with Crippen molar-refractivity contribution in [1.29, 1.82) is 0 Å². The van der Waals surface area contributed by atoms with Crippen LogP contribution in [0.1, 0.15) is 0 Å². The fraction of sp³-hybridized carbons (Fsp3) is 0.0500. The topological polar surface area (TPSA) is 63.2 Å². The zero-order valence-corrected chi connectivity index (χ0v) is 16.5. The fourth-order valence-corrected chi connectivity index (χ4v) is 4.54. The standard InChI is InChI=1S/C20H16ClNO3S2/c21-15-10-12-17(13-11-15)27(24,25)14-20(23)22-18-8-4-5-9-19(18)26-16-6-2-1-3-7-16/h1-13H,14H2,(H,22,23). The summed E-state index contributed by atoms with van der Waals surface area (Å²) in [7, 11) is -3.75. The first-order valence-electron chi connectivity index (χ1n) is 8.04. The molecule has 0 bridgehead atoms. The molecule has 0 heterocycles. The van der Waals surface area contributed by atoms with E-state index in [9.17, 15) is 13.2 Å². The molecule has 4 nitrogen and oxygen atoms in total. The van der Waals surface area contributed by atoms with Gasteiger partial charge in [0.2, 0.25) is 5.91 Å². The predicted octanol–water partition coefficient (Wildman–Crippen LogP) is 4.90. The van der Waals surface area contributed by atoms with Gasteiger partial charge in [0.25, 0.3) is 0 Å². The second kappa shape index (κ2) is 8.61. The molecule has 0 spiro atoms. The zero-order valence-electron chi connectivity index (χ0n) is 14.1. The van der Waals surface area contributed by atoms with Crippen LogP contribution >= 0.6 is 23.4 Å². The Morgan fingerprint density at radius 1 is 0.889 bits per heavy atom. The molecule has 7 heteroatoms. The third-order valence-corrected chi connectivity index (χ3v) is 6.59. The van der Waals surface area contributed by atoms with Crippen molar-refractivity contribution in [3.05, 3.63) is 83.9 Å². The van der Waals surface area contributed by atoms with Gasteiger partial charge in [-0.1, -0.05) is 53.7 Å². The number of halogens is 1. The molecular weight excluding hydrogens is 402 g/mol. The Kier molecular flexibility index (Phi) is 6.21. The number of hydrogen-bond donors (Lipinski definition) is 1. The van der Waals surface area contributed by atoms with Crippen molar-refractivity contribution >= 4 is 44.8 Å². The molecule has 0 aliphatic heterocycles. The molecule has 3 rings (SSSR count). The predicted molar refractivity (Wildman–Crippen MR) is 109 cm³/mol. The van der Waals surface area contributed by atoms with E-state index in [1.165, 1.54) is 36.0 Å². The highest BCUT2D eigenvalue weighted by Crippen LogP contribution is 2.33. The molecule has 0 radical (unpaired) electrons. The summed E-state index contributed by atoms with van der Waals surface area (Å²) in [6.45, 7) is 0. The summed E-state index contributed by atoms with van der Waals surface area (Å²) in [5.41, 5.74) is 0.572. The lowest BCUT2D eigenvalue weighted by Gasteiger charge is -2.11. The van der Waals surface area contributed by atoms with Gasteiger partial charge in [-0.2, -0.15) is 0 Å². The van der Waals surface area contributed by atoms with Crippen molar-refractivity contribution in [3.63, 3.8) is 0 Å². The molecule has 3 aromatic rings. The molecule has 27 heavy (non-hydrogen) atoms. The van der Waals surface area contributed by atoms with E-state index in [2.05, 4.69) is 5.32 Å². The van der Waals surface area contributed by atoms with Gasteiger partial charge in [0, 0.05) is 14.8 Å². The average Bonchev–Trinajstić information content (AvgIpc) is 2.64. The van der Waals surface area contributed by atoms with Crippen molar-refractivity contribution in [2.75, 3.05) is 11.1 Å². The Labute approximate surface area is 167 Å². The van der Waals surface area contributed by atoms with Crippen LogP contribution in [0.5, 0.6) is 0 Å². The normalized spacial score (nSPS) is 11.1. The molecule has 3 aromatic carbocycles. The summed E-state index contributed by atoms with van der Waals surface area (Å²) in [4.78, 5) is 14.3. The average molecular weight is 418 g/mol. The highest BCUT2D eigenvalue weighted by molar-refractivity contribution is 7.99. The summed E-state index contributed by atoms with van der Waals surface area (Å²) >= 11 is 7.28. The monoisotopic (exact) mass is 417 g/mol. The minimum absolute atomic E-state index is 0.0639. The molecule has 0 aliphatic carbocycles. The molecule has 0 saturated heterocycles. The number of amides is 1. The third-order valence-electron chi connectivity index (χ3n) is 3.63. The lowest BCUT2D eigenvalue weighted by Crippen LogP contribution is -2.23. The SMILES string of the molecule is O=C(CS(=O)(=O)c1ccc(Cl)cc1)Nc1ccccc1Sc1ccccc1. The van der Waals surface area contributed by atoms with Crippen LogP contribution in [0.25, 0.3) is 0 Å². The smallest absolute Gasteiger partial charge is 0.239 e. The molecule has 0 fully saturated rings. The number of carbonyl (C=O) groups is 1. The number of benzene rings is 3. The van der Waals surface area contributed by atoms with Crippen molar-refractivity contribution in [2.24, 2.45) is 0 Å². The van der Waals surface area contributed by atoms with E-state index in [1.54, 1.807) is 12.1 Å². The van der Waals surface area contributed by atoms with Crippen molar-refractivity contribution in [2.45, 2.75) is 14.7 Å². The number of rotatable bonds is 6. The Balaban J connectivity index is 1.74. The van der Waals surface area contributed by atoms with Gasteiger partial charge in [0.1, 0.15) is 5.75 Å². The van der Waals surface area contributed by atoms with Gasteiger partial charge in [-0.3, -0.25) is 4.79 Å². The second-order valence-electron chi connectivity index (χ2n) is 5.67. The molecular formula is C20H16ClNO3S2. The first-order chi connectivity index (χ1) is 12.9. The van der Waals surface area contributed by atoms with Crippen LogP contribution in [0.3, 0.4) is 0 Å². The van der Waals surface area contributed by atoms with Gasteiger partial charge in [0.15, 0.2) is 9.84 Å². The van der Waals surface area contributed by atoms with E-state index in [4.69, 9.17) is 11.6 Å². The molecule has 0 atom stereocenters. The zero-order chi connectivity index (χ0) is 19.3. The molecule has 138 valence electrons. The number of hydrogen-bond acceptors (Lipinski definition) is 4. The quantitative estimate of drug-likeness (QED) is 0.619. The van der Waals surface area contributed by atoms with E-state index in [0.717, 1.165) is 9.79 Å². The Morgan fingerprint density at radius 2 is 1.52 bits per heavy atom. The molecule has 0 aromatic heterocycles. The van der Waals surface area contributed by atoms with E-state index in [0.29, 0.717) is 10.7 Å². The maximum atomic E-state index is 12.4. The second-order valence-corrected chi connectivity index (χ2v) is 9.21. The summed E-state index contributed by atoms with van der Waals surface area (Å²) in [6.07, 6.45) is 0. The first-order valence-corrected chi connectivity index (χ1v) is 10.9. The van der Waals surface area contributed by atoms with Gasteiger partial charge in [0.05, 0.1) is 10.6 Å². The number of para-hydroxylation sites is 1. The number of nitrogens with one attached hydrogen (secondary N) is 1. The highest BCUT2D eigenvalue weighted by Gasteiger charge is 2.20. The molecule has 0 saturated carbocycles. The van der Waals surface area contributed by atoms with Crippen molar-refractivity contribution in [1.82, 2.24) is 0 Å². The summed E-state index contributed by atoms with van der Waals surface area (Å²) in [5.74, 6) is -1.23. The maximum Gasteiger partial charge on any atom is 0.239 e. The van der Waals surface area contributed by atoms with Crippen LogP contribution in [0.15, 0.2) is 93.5 Å². The van der Waals surface area contributed by atoms with E-state index >= 15 is 0 Å². The van der Waals surface area contributed by atoms with Crippen LogP contribution in [0.2, 0.25) is 5.02 Å². The minimum atomic E-state index is -3.75. The van der Waals surface area contributed by atoms with Gasteiger partial charge >= 0.3 is 0 Å². The fourth-order valence-electron chi connectivity index (χ4n) is 2.36. The first kappa shape index (κ1) is 19.5. The Morgan fingerprint density at radius 3 is 2.22 bits per heavy atom. The van der Waals surface area contributed by atoms with Gasteiger partial charge in [-0.25, -0.2) is 8.42 Å². The summed E-state index contributed by atoms with van der Waals surface area (Å²) in [5, 5.41) is 3.14. The number of anilines is 1. The summed E-state index contributed by atoms with van der Waals surface area (Å²) in [6, 6.07) is 22.8. The number of sulfone groups is 1. The third kappa shape index (κ3) is 5.35. The van der Waals surface area contributed by atoms with E-state index < -0.39 is 21.5 Å². The van der Waals surface area contributed by atoms with E-state index in [1.807, 2.05) is 42.5 Å². The molecule has 0 aliphatic rings. The molecule has 1 amide bonds. The maximum absolute atomic E-state index is 12.4. The van der Waals surface area contributed by atoms with Crippen LogP contribution in [0.4, 0.5) is 5.69 Å². The van der Waals surface area contributed by atoms with E-state index in [-0.39, 0.29) is 4.90 Å². The lowest BCUT2D eigenvalue weighted by atomic mass is 10.3. The molecule has 1 N–H and O–H groups in total. The van der Waals surface area contributed by atoms with Crippen LogP contribution in [-0.2, 0) is 14.6 Å². The Bertz CT molecular complexity index is 1040. The van der Waals surface area contributed by atoms with Gasteiger partial charge < -0.3 is 5.32 Å². The van der Waals surface area contributed by atoms with Crippen LogP contribution < -0.4 is 5.32 Å². The summed E-state index contributed by atoms with van der Waals surface area (Å²) < 4.78 is 24.8. The van der Waals surface area contributed by atoms with Crippen LogP contribution in [0, 0.1) is 0 Å². The molecule has 0 unspecified atom stereocenters. The van der Waals surface area contributed by atoms with Crippen molar-refractivity contribution < 1.29 is 13.2 Å². The van der Waals surface area contributed by atoms with Gasteiger partial charge in [-0.15, -0.1) is 0 Å². The van der Waals surface area contributed by atoms with Crippen molar-refractivity contribution in [3.8, 4) is 0 Å². The van der Waals surface area contributed by atoms with Gasteiger partial charge in [-0.05, 0) is 48.5 Å². The minimum Gasteiger partial charge on any atom is -0.324 e. The number of carbonyl (C=O) groups excluding carboxylic acids is 1. The van der Waals surface area contributed by atoms with Crippen LogP contribution in [-0.4, -0.2) is 20.1 Å². The largest absolute Gasteiger partial charge is 0.324 e. The highest BCUT2D eigenvalue weighted by atomic mass is 35.5. The Hall–Kier alpha value is -2.28.